The van der Waals surface area contributed by atoms with Gasteiger partial charge in [-0.3, -0.25) is 9.48 Å². The number of nitriles is 1. The SMILES string of the molecule is CCCC(C)(O)C[C@H]1CC[C@@H]2[C@H](CC[C@]3(C)[C@@H](C(=O)Cn4cc(C#N)cn4)CCC[C@@H]23)C1. The van der Waals surface area contributed by atoms with Crippen LogP contribution in [0.15, 0.2) is 12.4 Å². The number of hydrogen-bond donors (Lipinski definition) is 1. The average Bonchev–Trinajstić information content (AvgIpc) is 3.20. The molecule has 5 nitrogen and oxygen atoms in total. The normalized spacial score (nSPS) is 36.4. The summed E-state index contributed by atoms with van der Waals surface area (Å²) in [5, 5.41) is 24.0. The molecular formula is C27H41N3O2. The molecule has 4 rings (SSSR count). The van der Waals surface area contributed by atoms with Crippen LogP contribution in [0.5, 0.6) is 0 Å². The summed E-state index contributed by atoms with van der Waals surface area (Å²) in [5.41, 5.74) is 0.0959. The molecule has 0 aromatic carbocycles. The van der Waals surface area contributed by atoms with Crippen molar-refractivity contribution in [2.45, 2.75) is 104 Å². The minimum absolute atomic E-state index is 0.0995. The van der Waals surface area contributed by atoms with Gasteiger partial charge in [-0.25, -0.2) is 0 Å². The quantitative estimate of drug-likeness (QED) is 0.607. The van der Waals surface area contributed by atoms with Gasteiger partial charge in [-0.2, -0.15) is 10.4 Å². The van der Waals surface area contributed by atoms with Crippen LogP contribution in [0.2, 0.25) is 0 Å². The first kappa shape index (κ1) is 23.5. The van der Waals surface area contributed by atoms with E-state index in [4.69, 9.17) is 5.26 Å². The highest BCUT2D eigenvalue weighted by atomic mass is 16.3. The zero-order valence-corrected chi connectivity index (χ0v) is 20.2. The number of nitrogens with zero attached hydrogens (tertiary/aromatic N) is 3. The van der Waals surface area contributed by atoms with Crippen molar-refractivity contribution in [1.82, 2.24) is 9.78 Å². The number of fused-ring (bicyclic) bond motifs is 3. The van der Waals surface area contributed by atoms with E-state index in [9.17, 15) is 9.90 Å². The van der Waals surface area contributed by atoms with Gasteiger partial charge < -0.3 is 5.11 Å². The Hall–Kier alpha value is -1.67. The first-order valence-electron chi connectivity index (χ1n) is 12.9. The second-order valence-corrected chi connectivity index (χ2v) is 11.7. The number of rotatable bonds is 7. The van der Waals surface area contributed by atoms with Gasteiger partial charge in [-0.05, 0) is 87.4 Å². The standard InChI is InChI=1S/C27H41N3O2/c1-4-11-26(2,32)14-19-8-9-22-21(13-19)10-12-27(3)23(22)6-5-7-24(27)25(31)18-30-17-20(15-28)16-29-30/h16-17,19,21-24,32H,4-14,18H2,1-3H3/t19-,21+,22+,23-,24+,26?,27-/m0/s1. The molecule has 1 aromatic rings. The van der Waals surface area contributed by atoms with Gasteiger partial charge in [0.1, 0.15) is 6.07 Å². The zero-order valence-electron chi connectivity index (χ0n) is 20.2. The molecule has 0 saturated heterocycles. The summed E-state index contributed by atoms with van der Waals surface area (Å²) in [6.45, 7) is 6.87. The maximum atomic E-state index is 13.4. The summed E-state index contributed by atoms with van der Waals surface area (Å²) in [5.74, 6) is 3.21. The minimum Gasteiger partial charge on any atom is -0.390 e. The van der Waals surface area contributed by atoms with E-state index < -0.39 is 5.60 Å². The maximum absolute atomic E-state index is 13.4. The lowest BCUT2D eigenvalue weighted by atomic mass is 9.47. The molecule has 1 unspecified atom stereocenters. The molecule has 1 heterocycles. The summed E-state index contributed by atoms with van der Waals surface area (Å²) in [6, 6.07) is 2.10. The first-order valence-corrected chi connectivity index (χ1v) is 12.9. The van der Waals surface area contributed by atoms with E-state index in [2.05, 4.69) is 25.0 Å². The monoisotopic (exact) mass is 439 g/mol. The number of carbonyl (C=O) groups excluding carboxylic acids is 1. The maximum Gasteiger partial charge on any atom is 0.157 e. The van der Waals surface area contributed by atoms with Crippen LogP contribution in [-0.2, 0) is 11.3 Å². The smallest absolute Gasteiger partial charge is 0.157 e. The largest absolute Gasteiger partial charge is 0.390 e. The first-order chi connectivity index (χ1) is 15.3. The number of aliphatic hydroxyl groups is 1. The number of ketones is 1. The zero-order chi connectivity index (χ0) is 22.9. The van der Waals surface area contributed by atoms with E-state index in [1.807, 2.05) is 6.92 Å². The lowest BCUT2D eigenvalue weighted by molar-refractivity contribution is -0.140. The van der Waals surface area contributed by atoms with Crippen molar-refractivity contribution in [1.29, 1.82) is 5.26 Å². The van der Waals surface area contributed by atoms with Crippen molar-refractivity contribution < 1.29 is 9.90 Å². The summed E-state index contributed by atoms with van der Waals surface area (Å²) < 4.78 is 1.65. The van der Waals surface area contributed by atoms with Crippen LogP contribution in [0.3, 0.4) is 0 Å². The van der Waals surface area contributed by atoms with Crippen LogP contribution in [0.1, 0.15) is 97.0 Å². The lowest BCUT2D eigenvalue weighted by Crippen LogP contribution is -2.52. The van der Waals surface area contributed by atoms with Crippen molar-refractivity contribution in [3.05, 3.63) is 18.0 Å². The molecule has 7 atom stereocenters. The third-order valence-electron chi connectivity index (χ3n) is 9.36. The second-order valence-electron chi connectivity index (χ2n) is 11.7. The molecule has 0 aliphatic heterocycles. The number of carbonyl (C=O) groups is 1. The van der Waals surface area contributed by atoms with Gasteiger partial charge in [-0.1, -0.05) is 33.1 Å². The Labute approximate surface area is 193 Å². The van der Waals surface area contributed by atoms with E-state index in [1.165, 1.54) is 32.1 Å². The van der Waals surface area contributed by atoms with Gasteiger partial charge in [0.15, 0.2) is 5.78 Å². The Bertz CT molecular complexity index is 853. The Balaban J connectivity index is 1.43. The molecule has 3 fully saturated rings. The molecule has 176 valence electrons. The highest BCUT2D eigenvalue weighted by Crippen LogP contribution is 2.60. The van der Waals surface area contributed by atoms with Crippen LogP contribution in [-0.4, -0.2) is 26.3 Å². The number of aromatic nitrogens is 2. The fourth-order valence-corrected chi connectivity index (χ4v) is 8.02. The Morgan fingerprint density at radius 3 is 2.88 bits per heavy atom. The van der Waals surface area contributed by atoms with E-state index >= 15 is 0 Å². The van der Waals surface area contributed by atoms with E-state index in [0.717, 1.165) is 50.4 Å². The Morgan fingerprint density at radius 1 is 1.34 bits per heavy atom. The van der Waals surface area contributed by atoms with Crippen LogP contribution < -0.4 is 0 Å². The predicted molar refractivity (Wildman–Crippen MR) is 125 cm³/mol. The van der Waals surface area contributed by atoms with Gasteiger partial charge in [0.05, 0.1) is 23.9 Å². The van der Waals surface area contributed by atoms with E-state index in [1.54, 1.807) is 17.1 Å². The summed E-state index contributed by atoms with van der Waals surface area (Å²) in [7, 11) is 0. The fourth-order valence-electron chi connectivity index (χ4n) is 8.02. The van der Waals surface area contributed by atoms with Crippen LogP contribution in [0, 0.1) is 46.3 Å². The molecule has 0 bridgehead atoms. The van der Waals surface area contributed by atoms with Crippen LogP contribution in [0.4, 0.5) is 0 Å². The summed E-state index contributed by atoms with van der Waals surface area (Å²) >= 11 is 0. The van der Waals surface area contributed by atoms with Gasteiger partial charge in [-0.15, -0.1) is 0 Å². The van der Waals surface area contributed by atoms with Gasteiger partial charge in [0.2, 0.25) is 0 Å². The van der Waals surface area contributed by atoms with Crippen molar-refractivity contribution in [2.75, 3.05) is 0 Å². The van der Waals surface area contributed by atoms with E-state index in [0.29, 0.717) is 23.2 Å². The van der Waals surface area contributed by atoms with Gasteiger partial charge in [0.25, 0.3) is 0 Å². The second kappa shape index (κ2) is 9.29. The van der Waals surface area contributed by atoms with Crippen LogP contribution >= 0.6 is 0 Å². The Kier molecular flexibility index (Phi) is 6.82. The van der Waals surface area contributed by atoms with Gasteiger partial charge in [0, 0.05) is 12.1 Å². The molecular weight excluding hydrogens is 398 g/mol. The average molecular weight is 440 g/mol. The fraction of sp³-hybridized carbons (Fsp3) is 0.815. The minimum atomic E-state index is -0.518. The predicted octanol–water partition coefficient (Wildman–Crippen LogP) is 5.51. The molecule has 3 saturated carbocycles. The number of Topliss-reactive ketones (excluding diaryl/α,β-unsaturated/α-hetero) is 1. The van der Waals surface area contributed by atoms with Crippen molar-refractivity contribution in [3.63, 3.8) is 0 Å². The molecule has 0 spiro atoms. The summed E-state index contributed by atoms with van der Waals surface area (Å²) in [6.07, 6.45) is 15.7. The molecule has 32 heavy (non-hydrogen) atoms. The molecule has 1 N–H and O–H groups in total. The van der Waals surface area contributed by atoms with Crippen molar-refractivity contribution in [2.24, 2.45) is 35.0 Å². The third-order valence-corrected chi connectivity index (χ3v) is 9.36. The molecule has 3 aliphatic carbocycles. The molecule has 3 aliphatic rings. The lowest BCUT2D eigenvalue weighted by Gasteiger charge is -2.57. The van der Waals surface area contributed by atoms with E-state index in [-0.39, 0.29) is 17.9 Å². The van der Waals surface area contributed by atoms with Crippen molar-refractivity contribution in [3.8, 4) is 6.07 Å². The van der Waals surface area contributed by atoms with Crippen LogP contribution in [0.25, 0.3) is 0 Å². The molecule has 5 heteroatoms. The highest BCUT2D eigenvalue weighted by Gasteiger charge is 2.54. The molecule has 0 radical (unpaired) electrons. The topological polar surface area (TPSA) is 78.9 Å². The Morgan fingerprint density at radius 2 is 2.16 bits per heavy atom. The van der Waals surface area contributed by atoms with Gasteiger partial charge >= 0.3 is 0 Å². The van der Waals surface area contributed by atoms with Crippen molar-refractivity contribution >= 4 is 5.78 Å². The number of hydrogen-bond acceptors (Lipinski definition) is 4. The summed E-state index contributed by atoms with van der Waals surface area (Å²) in [4.78, 5) is 13.4. The molecule has 0 amide bonds. The third kappa shape index (κ3) is 4.67. The highest BCUT2D eigenvalue weighted by molar-refractivity contribution is 5.81. The molecule has 1 aromatic heterocycles.